The molecule has 1 rings (SSSR count). The predicted molar refractivity (Wildman–Crippen MR) is 433 cm³/mol. The van der Waals surface area contributed by atoms with E-state index < -0.39 is 296 Å². The average molecular weight is 1750 g/mol. The number of rotatable bonds is 56. The minimum atomic E-state index is -1.99. The third-order valence-corrected chi connectivity index (χ3v) is 19.8. The molecular weight excluding hydrogens is 1620 g/mol. The van der Waals surface area contributed by atoms with E-state index in [-0.39, 0.29) is 63.5 Å². The highest BCUT2D eigenvalue weighted by Crippen LogP contribution is 2.23. The van der Waals surface area contributed by atoms with Gasteiger partial charge in [-0.1, -0.05) is 61.8 Å². The number of thiol groups is 1. The number of carboxylic acids is 4. The summed E-state index contributed by atoms with van der Waals surface area (Å²) in [5.41, 5.74) is 11.0. The molecule has 0 aromatic rings. The number of hydrogen-bond acceptors (Lipinski definition) is 26. The van der Waals surface area contributed by atoms with Crippen molar-refractivity contribution in [1.29, 1.82) is 0 Å². The van der Waals surface area contributed by atoms with Gasteiger partial charge >= 0.3 is 23.9 Å². The molecule has 46 heteroatoms. The first kappa shape index (κ1) is 109. The molecule has 45 nitrogen and oxygen atoms in total. The van der Waals surface area contributed by atoms with Crippen molar-refractivity contribution in [2.45, 2.75) is 302 Å². The van der Waals surface area contributed by atoms with E-state index in [1.165, 1.54) is 25.7 Å². The van der Waals surface area contributed by atoms with Crippen molar-refractivity contribution in [1.82, 2.24) is 84.7 Å². The van der Waals surface area contributed by atoms with Gasteiger partial charge in [0.1, 0.15) is 96.7 Å². The molecule has 0 aromatic carbocycles. The summed E-state index contributed by atoms with van der Waals surface area (Å²) in [7, 11) is 0. The van der Waals surface area contributed by atoms with Gasteiger partial charge in [-0.15, -0.1) is 0 Å². The molecule has 1 saturated heterocycles. The smallest absolute Gasteiger partial charge is 0.327 e. The summed E-state index contributed by atoms with van der Waals surface area (Å²) in [5, 5.41) is 106. The number of carboxylic acid groups (broad SMARTS) is 4. The van der Waals surface area contributed by atoms with E-state index in [0.717, 1.165) is 20.8 Å². The Kier molecular flexibility index (Phi) is 48.5. The molecule has 16 amide bonds. The standard InChI is InChI=1S/C75H128N18O27S/c1-15-36(8)56(90-70(114)55(35(6)7)89-62(106)39(11)80-71(115)58(41(13)95)91-67(111)47(29-33(2)3)85-61(105)38(10)78-63(107)43(19-16-17-27-76)83-72(116)57(40(12)94)88-51(97)31-77)74(118)93-28-18-20-50(93)69(113)86-48(30-34(4)5)68(112)92-59(42(14)96)73(117)84-46(23-26-54(102)103)65(109)82-44(21-24-52(98)99)64(108)79-37(9)60(104)81-45(22-25-53(100)101)66(110)87-49(32-121)75(119)120/h33-50,55-59,94-96,121H,15-32,76-77H2,1-14H3,(H,78,107)(H,79,108)(H,80,115)(H,81,104)(H,82,109)(H,83,116)(H,84,117)(H,85,105)(H,86,113)(H,87,110)(H,88,97)(H,89,106)(H,90,114)(H,91,111)(H,92,112)(H,98,99)(H,100,101)(H,102,103)(H,119,120)/t36-,37-,38-,39-,40+,41+,42+,43-,44-,45-,46-,47-,48-,49-,50-,55-,56-,57-,58-,59-/m0/s1. The number of unbranched alkanes of at least 4 members (excludes halogenated alkanes) is 1. The van der Waals surface area contributed by atoms with Crippen LogP contribution in [0.4, 0.5) is 0 Å². The second kappa shape index (κ2) is 54.0. The van der Waals surface area contributed by atoms with Crippen LogP contribution >= 0.6 is 12.6 Å². The fourth-order valence-corrected chi connectivity index (χ4v) is 12.4. The Bertz CT molecular complexity index is 3590. The maximum absolute atomic E-state index is 14.8. The summed E-state index contributed by atoms with van der Waals surface area (Å²) in [5.74, 6) is -24.5. The lowest BCUT2D eigenvalue weighted by atomic mass is 9.95. The first-order chi connectivity index (χ1) is 56.4. The van der Waals surface area contributed by atoms with Crippen LogP contribution in [0.2, 0.25) is 0 Å². The zero-order valence-corrected chi connectivity index (χ0v) is 71.7. The second-order valence-corrected chi connectivity index (χ2v) is 31.6. The number of hydrogen-bond donors (Lipinski definition) is 25. The quantitative estimate of drug-likeness (QED) is 0.0199. The number of aliphatic hydroxyl groups is 3. The molecule has 0 aliphatic carbocycles. The summed E-state index contributed by atoms with van der Waals surface area (Å²) in [6.45, 7) is 20.0. The van der Waals surface area contributed by atoms with Crippen LogP contribution in [0.5, 0.6) is 0 Å². The van der Waals surface area contributed by atoms with Crippen molar-refractivity contribution < 1.29 is 132 Å². The molecule has 0 spiro atoms. The van der Waals surface area contributed by atoms with E-state index in [1.54, 1.807) is 55.4 Å². The molecule has 0 radical (unpaired) electrons. The summed E-state index contributed by atoms with van der Waals surface area (Å²) in [4.78, 5) is 269. The van der Waals surface area contributed by atoms with E-state index in [2.05, 4.69) is 92.4 Å². The maximum atomic E-state index is 14.8. The molecule has 1 heterocycles. The Morgan fingerprint density at radius 1 is 0.380 bits per heavy atom. The fraction of sp³-hybridized carbons (Fsp3) is 0.733. The molecular formula is C75H128N18O27S. The van der Waals surface area contributed by atoms with Gasteiger partial charge in [0.15, 0.2) is 0 Å². The van der Waals surface area contributed by atoms with Gasteiger partial charge in [0.25, 0.3) is 0 Å². The molecule has 1 aliphatic heterocycles. The molecule has 1 fully saturated rings. The van der Waals surface area contributed by atoms with E-state index >= 15 is 0 Å². The van der Waals surface area contributed by atoms with Gasteiger partial charge in [-0.05, 0) is 136 Å². The highest BCUT2D eigenvalue weighted by molar-refractivity contribution is 7.80. The van der Waals surface area contributed by atoms with Crippen molar-refractivity contribution in [3.63, 3.8) is 0 Å². The van der Waals surface area contributed by atoms with Crippen LogP contribution < -0.4 is 91.2 Å². The number of nitrogens with zero attached hydrogens (tertiary/aromatic N) is 1. The van der Waals surface area contributed by atoms with Crippen LogP contribution in [-0.2, 0) is 95.9 Å². The predicted octanol–water partition coefficient (Wildman–Crippen LogP) is -7.06. The Labute approximate surface area is 706 Å². The van der Waals surface area contributed by atoms with Gasteiger partial charge in [0, 0.05) is 31.6 Å². The van der Waals surface area contributed by atoms with E-state index in [4.69, 9.17) is 11.5 Å². The molecule has 1 aliphatic rings. The molecule has 0 aromatic heterocycles. The van der Waals surface area contributed by atoms with Crippen molar-refractivity contribution in [3.8, 4) is 0 Å². The summed E-state index contributed by atoms with van der Waals surface area (Å²) in [6, 6.07) is -25.1. The number of nitrogens with two attached hydrogens (primary N) is 2. The zero-order chi connectivity index (χ0) is 92.7. The number of likely N-dealkylation sites (tertiary alicyclic amines) is 1. The number of carbonyl (C=O) groups is 20. The summed E-state index contributed by atoms with van der Waals surface area (Å²) in [6.07, 6.45) is -8.08. The fourth-order valence-electron chi connectivity index (χ4n) is 12.2. The average Bonchev–Trinajstić information content (AvgIpc) is 1.71. The van der Waals surface area contributed by atoms with Gasteiger partial charge in [-0.25, -0.2) is 4.79 Å². The largest absolute Gasteiger partial charge is 0.481 e. The zero-order valence-electron chi connectivity index (χ0n) is 70.9. The number of nitrogens with one attached hydrogen (secondary N) is 15. The number of aliphatic hydroxyl groups excluding tert-OH is 3. The van der Waals surface area contributed by atoms with Crippen molar-refractivity contribution >= 4 is 131 Å². The van der Waals surface area contributed by atoms with Crippen LogP contribution in [0.15, 0.2) is 0 Å². The van der Waals surface area contributed by atoms with Gasteiger partial charge in [-0.3, -0.25) is 91.1 Å². The lowest BCUT2D eigenvalue weighted by Crippen LogP contribution is -2.62. The topological polar surface area (TPSA) is 719 Å². The number of aliphatic carboxylic acids is 4. The van der Waals surface area contributed by atoms with Gasteiger partial charge in [0.2, 0.25) is 94.5 Å². The molecule has 0 saturated carbocycles. The van der Waals surface area contributed by atoms with Crippen molar-refractivity contribution in [2.24, 2.45) is 35.1 Å². The highest BCUT2D eigenvalue weighted by Gasteiger charge is 2.44. The lowest BCUT2D eigenvalue weighted by Gasteiger charge is -2.33. The van der Waals surface area contributed by atoms with Crippen LogP contribution in [0.1, 0.15) is 187 Å². The second-order valence-electron chi connectivity index (χ2n) is 31.2. The third-order valence-electron chi connectivity index (χ3n) is 19.4. The summed E-state index contributed by atoms with van der Waals surface area (Å²) < 4.78 is 0. The third kappa shape index (κ3) is 38.4. The van der Waals surface area contributed by atoms with Crippen molar-refractivity contribution in [3.05, 3.63) is 0 Å². The van der Waals surface area contributed by atoms with Crippen LogP contribution in [0, 0.1) is 23.7 Å². The monoisotopic (exact) mass is 1740 g/mol. The van der Waals surface area contributed by atoms with Gasteiger partial charge in [-0.2, -0.15) is 12.6 Å². The molecule has 26 N–H and O–H groups in total. The lowest BCUT2D eigenvalue weighted by molar-refractivity contribution is -0.144. The summed E-state index contributed by atoms with van der Waals surface area (Å²) >= 11 is 3.86. The molecule has 686 valence electrons. The Hall–Kier alpha value is -10.4. The van der Waals surface area contributed by atoms with E-state index in [1.807, 2.05) is 0 Å². The normalized spacial score (nSPS) is 17.3. The minimum absolute atomic E-state index is 0.0180. The maximum Gasteiger partial charge on any atom is 0.327 e. The minimum Gasteiger partial charge on any atom is -0.481 e. The van der Waals surface area contributed by atoms with Gasteiger partial charge < -0.3 is 132 Å². The SMILES string of the molecule is CC[C@H](C)[C@H](NC(=O)[C@@H](NC(=O)[C@H](C)NC(=O)[C@@H](NC(=O)[C@H](CC(C)C)NC(=O)[C@H](C)NC(=O)[C@H](CCCCN)NC(=O)[C@@H](NC(=O)CN)[C@@H](C)O)[C@@H](C)O)C(C)C)C(=O)N1CCC[C@H]1C(=O)N[C@@H](CC(C)C)C(=O)N[C@H](C(=O)N[C@@H](CCC(=O)O)C(=O)N[C@@H](CCC(=O)O)C(=O)N[C@@H](C)C(=O)N[C@@H](CCC(=O)O)C(=O)N[C@@H](CS)C(=O)O)[C@@H](C)O. The van der Waals surface area contributed by atoms with E-state index in [0.29, 0.717) is 12.8 Å². The number of carbonyl (C=O) groups excluding carboxylic acids is 16. The molecule has 0 bridgehead atoms. The van der Waals surface area contributed by atoms with Crippen LogP contribution in [0.25, 0.3) is 0 Å². The van der Waals surface area contributed by atoms with Crippen molar-refractivity contribution in [2.75, 3.05) is 25.4 Å². The van der Waals surface area contributed by atoms with Gasteiger partial charge in [0.05, 0.1) is 24.9 Å². The van der Waals surface area contributed by atoms with Crippen LogP contribution in [-0.4, -0.2) is 299 Å². The van der Waals surface area contributed by atoms with E-state index in [9.17, 15) is 132 Å². The first-order valence-corrected chi connectivity index (χ1v) is 40.8. The van der Waals surface area contributed by atoms with Crippen LogP contribution in [0.3, 0.4) is 0 Å². The Morgan fingerprint density at radius 2 is 0.702 bits per heavy atom. The first-order valence-electron chi connectivity index (χ1n) is 40.2. The molecule has 0 unspecified atom stereocenters. The number of amides is 16. The molecule has 20 atom stereocenters. The Morgan fingerprint density at radius 3 is 1.07 bits per heavy atom. The highest BCUT2D eigenvalue weighted by atomic mass is 32.1. The Balaban J connectivity index is 3.46. The molecule has 121 heavy (non-hydrogen) atoms.